The van der Waals surface area contributed by atoms with Gasteiger partial charge in [0.1, 0.15) is 0 Å². The molecule has 0 radical (unpaired) electrons. The quantitative estimate of drug-likeness (QED) is 0.738. The maximum Gasteiger partial charge on any atom is 0.248 e. The summed E-state index contributed by atoms with van der Waals surface area (Å²) in [7, 11) is 0. The van der Waals surface area contributed by atoms with Gasteiger partial charge >= 0.3 is 0 Å². The molecular formula is C16H12N2OS. The van der Waals surface area contributed by atoms with Crippen LogP contribution in [-0.2, 0) is 4.79 Å². The van der Waals surface area contributed by atoms with E-state index in [1.807, 2.05) is 41.1 Å². The van der Waals surface area contributed by atoms with Crippen LogP contribution in [0, 0.1) is 0 Å². The third-order valence-electron chi connectivity index (χ3n) is 2.88. The summed E-state index contributed by atoms with van der Waals surface area (Å²) in [6.45, 7) is 0. The Kier molecular flexibility index (Phi) is 3.56. The number of thiophene rings is 1. The molecule has 1 aromatic carbocycles. The number of pyridine rings is 1. The van der Waals surface area contributed by atoms with Crippen LogP contribution in [0.5, 0.6) is 0 Å². The van der Waals surface area contributed by atoms with E-state index < -0.39 is 0 Å². The number of fused-ring (bicyclic) bond motifs is 1. The SMILES string of the molecule is O=C(/C=C/c1ccsc1)Nc1ccnc2ccccc12. The first-order chi connectivity index (χ1) is 9.83. The van der Waals surface area contributed by atoms with Gasteiger partial charge < -0.3 is 5.32 Å². The van der Waals surface area contributed by atoms with Gasteiger partial charge in [-0.05, 0) is 40.6 Å². The van der Waals surface area contributed by atoms with Crippen LogP contribution >= 0.6 is 11.3 Å². The average molecular weight is 280 g/mol. The molecule has 2 aromatic heterocycles. The monoisotopic (exact) mass is 280 g/mol. The van der Waals surface area contributed by atoms with Crippen molar-refractivity contribution in [3.8, 4) is 0 Å². The van der Waals surface area contributed by atoms with Gasteiger partial charge in [-0.2, -0.15) is 11.3 Å². The van der Waals surface area contributed by atoms with Crippen molar-refractivity contribution in [3.63, 3.8) is 0 Å². The number of para-hydroxylation sites is 1. The number of carbonyl (C=O) groups is 1. The van der Waals surface area contributed by atoms with E-state index >= 15 is 0 Å². The fourth-order valence-corrected chi connectivity index (χ4v) is 2.55. The van der Waals surface area contributed by atoms with Crippen molar-refractivity contribution in [2.45, 2.75) is 0 Å². The van der Waals surface area contributed by atoms with Gasteiger partial charge in [0, 0.05) is 17.7 Å². The number of nitrogens with one attached hydrogen (secondary N) is 1. The molecule has 0 aliphatic heterocycles. The lowest BCUT2D eigenvalue weighted by atomic mass is 10.2. The highest BCUT2D eigenvalue weighted by Gasteiger charge is 2.03. The number of hydrogen-bond donors (Lipinski definition) is 1. The van der Waals surface area contributed by atoms with Crippen molar-refractivity contribution in [1.29, 1.82) is 0 Å². The van der Waals surface area contributed by atoms with Gasteiger partial charge in [0.2, 0.25) is 5.91 Å². The van der Waals surface area contributed by atoms with Gasteiger partial charge in [-0.1, -0.05) is 18.2 Å². The molecule has 2 heterocycles. The van der Waals surface area contributed by atoms with E-state index in [9.17, 15) is 4.79 Å². The fourth-order valence-electron chi connectivity index (χ4n) is 1.92. The zero-order chi connectivity index (χ0) is 13.8. The van der Waals surface area contributed by atoms with Crippen molar-refractivity contribution >= 4 is 39.9 Å². The van der Waals surface area contributed by atoms with Crippen LogP contribution < -0.4 is 5.32 Å². The highest BCUT2D eigenvalue weighted by molar-refractivity contribution is 7.08. The molecule has 0 aliphatic rings. The molecule has 0 bridgehead atoms. The normalized spacial score (nSPS) is 11.0. The molecule has 3 aromatic rings. The zero-order valence-corrected chi connectivity index (χ0v) is 11.4. The summed E-state index contributed by atoms with van der Waals surface area (Å²) in [5.41, 5.74) is 2.67. The Morgan fingerprint density at radius 1 is 1.20 bits per heavy atom. The van der Waals surface area contributed by atoms with Crippen LogP contribution in [0.2, 0.25) is 0 Å². The summed E-state index contributed by atoms with van der Waals surface area (Å²) >= 11 is 1.61. The Morgan fingerprint density at radius 3 is 2.95 bits per heavy atom. The van der Waals surface area contributed by atoms with Gasteiger partial charge in [-0.15, -0.1) is 0 Å². The lowest BCUT2D eigenvalue weighted by Crippen LogP contribution is -2.08. The summed E-state index contributed by atoms with van der Waals surface area (Å²) in [6, 6.07) is 11.5. The number of amides is 1. The third kappa shape index (κ3) is 2.75. The molecular weight excluding hydrogens is 268 g/mol. The van der Waals surface area contributed by atoms with Crippen LogP contribution in [-0.4, -0.2) is 10.9 Å². The van der Waals surface area contributed by atoms with E-state index in [4.69, 9.17) is 0 Å². The van der Waals surface area contributed by atoms with E-state index in [0.29, 0.717) is 0 Å². The molecule has 3 rings (SSSR count). The van der Waals surface area contributed by atoms with E-state index in [-0.39, 0.29) is 5.91 Å². The molecule has 20 heavy (non-hydrogen) atoms. The summed E-state index contributed by atoms with van der Waals surface area (Å²) in [5, 5.41) is 7.79. The predicted octanol–water partition coefficient (Wildman–Crippen LogP) is 3.95. The summed E-state index contributed by atoms with van der Waals surface area (Å²) < 4.78 is 0. The van der Waals surface area contributed by atoms with E-state index in [1.54, 1.807) is 29.7 Å². The molecule has 98 valence electrons. The van der Waals surface area contributed by atoms with Crippen LogP contribution in [0.15, 0.2) is 59.4 Å². The van der Waals surface area contributed by atoms with Crippen LogP contribution in [0.1, 0.15) is 5.56 Å². The summed E-state index contributed by atoms with van der Waals surface area (Å²) in [5.74, 6) is -0.146. The summed E-state index contributed by atoms with van der Waals surface area (Å²) in [6.07, 6.45) is 5.03. The predicted molar refractivity (Wildman–Crippen MR) is 83.7 cm³/mol. The average Bonchev–Trinajstić information content (AvgIpc) is 2.99. The van der Waals surface area contributed by atoms with Crippen molar-refractivity contribution in [3.05, 3.63) is 65.0 Å². The maximum absolute atomic E-state index is 11.9. The number of carbonyl (C=O) groups excluding carboxylic acids is 1. The Balaban J connectivity index is 1.81. The molecule has 0 unspecified atom stereocenters. The first kappa shape index (κ1) is 12.6. The van der Waals surface area contributed by atoms with Gasteiger partial charge in [0.25, 0.3) is 0 Å². The molecule has 0 fully saturated rings. The van der Waals surface area contributed by atoms with Crippen LogP contribution in [0.25, 0.3) is 17.0 Å². The number of anilines is 1. The number of benzene rings is 1. The number of rotatable bonds is 3. The Labute approximate surface area is 120 Å². The minimum atomic E-state index is -0.146. The second-order valence-corrected chi connectivity index (χ2v) is 5.03. The minimum absolute atomic E-state index is 0.146. The second kappa shape index (κ2) is 5.67. The summed E-state index contributed by atoms with van der Waals surface area (Å²) in [4.78, 5) is 16.2. The van der Waals surface area contributed by atoms with E-state index in [0.717, 1.165) is 22.2 Å². The van der Waals surface area contributed by atoms with E-state index in [2.05, 4.69) is 10.3 Å². The standard InChI is InChI=1S/C16H12N2OS/c19-16(6-5-12-8-10-20-11-12)18-15-7-9-17-14-4-2-1-3-13(14)15/h1-11H,(H,17,18,19)/b6-5+. The van der Waals surface area contributed by atoms with Gasteiger partial charge in [-0.3, -0.25) is 9.78 Å². The highest BCUT2D eigenvalue weighted by atomic mass is 32.1. The topological polar surface area (TPSA) is 42.0 Å². The Morgan fingerprint density at radius 2 is 2.10 bits per heavy atom. The third-order valence-corrected chi connectivity index (χ3v) is 3.58. The second-order valence-electron chi connectivity index (χ2n) is 4.25. The van der Waals surface area contributed by atoms with E-state index in [1.165, 1.54) is 6.08 Å². The Hall–Kier alpha value is -2.46. The molecule has 4 heteroatoms. The number of nitrogens with zero attached hydrogens (tertiary/aromatic N) is 1. The first-order valence-electron chi connectivity index (χ1n) is 6.18. The van der Waals surface area contributed by atoms with Crippen molar-refractivity contribution < 1.29 is 4.79 Å². The van der Waals surface area contributed by atoms with Crippen molar-refractivity contribution in [1.82, 2.24) is 4.98 Å². The van der Waals surface area contributed by atoms with Gasteiger partial charge in [0.05, 0.1) is 11.2 Å². The molecule has 1 amide bonds. The molecule has 0 saturated carbocycles. The molecule has 3 nitrogen and oxygen atoms in total. The largest absolute Gasteiger partial charge is 0.322 e. The van der Waals surface area contributed by atoms with Gasteiger partial charge in [0.15, 0.2) is 0 Å². The number of hydrogen-bond acceptors (Lipinski definition) is 3. The van der Waals surface area contributed by atoms with Crippen LogP contribution in [0.3, 0.4) is 0 Å². The highest BCUT2D eigenvalue weighted by Crippen LogP contribution is 2.20. The minimum Gasteiger partial charge on any atom is -0.322 e. The fraction of sp³-hybridized carbons (Fsp3) is 0. The maximum atomic E-state index is 11.9. The molecule has 1 N–H and O–H groups in total. The van der Waals surface area contributed by atoms with Crippen molar-refractivity contribution in [2.24, 2.45) is 0 Å². The first-order valence-corrected chi connectivity index (χ1v) is 7.12. The van der Waals surface area contributed by atoms with Crippen molar-refractivity contribution in [2.75, 3.05) is 5.32 Å². The molecule has 0 aliphatic carbocycles. The molecule has 0 spiro atoms. The molecule has 0 atom stereocenters. The van der Waals surface area contributed by atoms with Gasteiger partial charge in [-0.25, -0.2) is 0 Å². The smallest absolute Gasteiger partial charge is 0.248 e. The zero-order valence-electron chi connectivity index (χ0n) is 10.6. The van der Waals surface area contributed by atoms with Crippen LogP contribution in [0.4, 0.5) is 5.69 Å². The Bertz CT molecular complexity index is 758. The lowest BCUT2D eigenvalue weighted by molar-refractivity contribution is -0.111. The number of aromatic nitrogens is 1. The molecule has 0 saturated heterocycles. The lowest BCUT2D eigenvalue weighted by Gasteiger charge is -2.05.